The van der Waals surface area contributed by atoms with E-state index >= 15 is 0 Å². The Morgan fingerprint density at radius 2 is 2.00 bits per heavy atom. The number of hydrogen-bond donors (Lipinski definition) is 0. The normalized spacial score (nSPS) is 22.7. The van der Waals surface area contributed by atoms with Gasteiger partial charge in [-0.2, -0.15) is 0 Å². The van der Waals surface area contributed by atoms with Crippen molar-refractivity contribution >= 4 is 11.7 Å². The summed E-state index contributed by atoms with van der Waals surface area (Å²) in [5, 5.41) is 0. The molecular weight excluding hydrogens is 268 g/mol. The number of nitrogens with zero attached hydrogens (tertiary/aromatic N) is 4. The average molecular weight is 290 g/mol. The van der Waals surface area contributed by atoms with Gasteiger partial charge in [0.05, 0.1) is 19.1 Å². The van der Waals surface area contributed by atoms with Crippen LogP contribution in [-0.2, 0) is 9.53 Å². The van der Waals surface area contributed by atoms with Gasteiger partial charge in [0.15, 0.2) is 0 Å². The van der Waals surface area contributed by atoms with Gasteiger partial charge in [0.2, 0.25) is 5.91 Å². The number of amides is 1. The summed E-state index contributed by atoms with van der Waals surface area (Å²) in [5.41, 5.74) is 2.11. The number of aryl methyl sites for hydroxylation is 1. The van der Waals surface area contributed by atoms with Crippen LogP contribution in [0.2, 0.25) is 0 Å². The van der Waals surface area contributed by atoms with Crippen LogP contribution in [0.3, 0.4) is 0 Å². The van der Waals surface area contributed by atoms with Crippen LogP contribution in [-0.4, -0.2) is 60.2 Å². The number of anilines is 1. The largest absolute Gasteiger partial charge is 0.378 e. The topological polar surface area (TPSA) is 58.6 Å². The van der Waals surface area contributed by atoms with Gasteiger partial charge in [0, 0.05) is 37.4 Å². The molecule has 0 saturated carbocycles. The predicted molar refractivity (Wildman–Crippen MR) is 79.2 cm³/mol. The highest BCUT2D eigenvalue weighted by Crippen LogP contribution is 2.26. The summed E-state index contributed by atoms with van der Waals surface area (Å²) in [5.74, 6) is 1.32. The molecule has 2 aliphatic rings. The van der Waals surface area contributed by atoms with Crippen LogP contribution < -0.4 is 4.90 Å². The van der Waals surface area contributed by atoms with Crippen molar-refractivity contribution in [3.05, 3.63) is 17.6 Å². The second-order valence-electron chi connectivity index (χ2n) is 5.78. The molecule has 0 spiro atoms. The summed E-state index contributed by atoms with van der Waals surface area (Å²) in [6.45, 7) is 8.45. The quantitative estimate of drug-likeness (QED) is 0.805. The van der Waals surface area contributed by atoms with E-state index < -0.39 is 0 Å². The molecule has 0 aromatic carbocycles. The molecule has 2 aliphatic heterocycles. The minimum absolute atomic E-state index is 0.0813. The van der Waals surface area contributed by atoms with E-state index in [0.29, 0.717) is 13.2 Å². The van der Waals surface area contributed by atoms with E-state index in [0.717, 1.165) is 49.7 Å². The average Bonchev–Trinajstić information content (AvgIpc) is 3.00. The van der Waals surface area contributed by atoms with E-state index in [9.17, 15) is 4.79 Å². The molecule has 2 fully saturated rings. The number of ether oxygens (including phenoxy) is 1. The molecule has 1 atom stereocenters. The highest BCUT2D eigenvalue weighted by molar-refractivity contribution is 5.80. The van der Waals surface area contributed by atoms with Gasteiger partial charge in [-0.25, -0.2) is 9.97 Å². The van der Waals surface area contributed by atoms with Gasteiger partial charge >= 0.3 is 0 Å². The van der Waals surface area contributed by atoms with Gasteiger partial charge in [-0.05, 0) is 20.3 Å². The van der Waals surface area contributed by atoms with Crippen molar-refractivity contribution in [3.63, 3.8) is 0 Å². The Morgan fingerprint density at radius 3 is 2.76 bits per heavy atom. The molecule has 6 heteroatoms. The Morgan fingerprint density at radius 1 is 1.24 bits per heavy atom. The maximum atomic E-state index is 12.5. The van der Waals surface area contributed by atoms with E-state index in [4.69, 9.17) is 4.74 Å². The van der Waals surface area contributed by atoms with Crippen LogP contribution in [0.25, 0.3) is 0 Å². The molecule has 0 bridgehead atoms. The third-order valence-corrected chi connectivity index (χ3v) is 4.47. The minimum atomic E-state index is 0.0813. The molecule has 1 amide bonds. The lowest BCUT2D eigenvalue weighted by molar-refractivity contribution is -0.138. The fraction of sp³-hybridized carbons (Fsp3) is 0.667. The summed E-state index contributed by atoms with van der Waals surface area (Å²) in [6, 6.07) is 0. The third-order valence-electron chi connectivity index (χ3n) is 4.47. The molecule has 0 radical (unpaired) electrons. The van der Waals surface area contributed by atoms with Crippen molar-refractivity contribution in [2.75, 3.05) is 44.3 Å². The zero-order valence-corrected chi connectivity index (χ0v) is 12.7. The van der Waals surface area contributed by atoms with Crippen molar-refractivity contribution in [2.45, 2.75) is 20.3 Å². The fourth-order valence-electron chi connectivity index (χ4n) is 3.04. The zero-order chi connectivity index (χ0) is 14.8. The Kier molecular flexibility index (Phi) is 4.05. The molecular formula is C15H22N4O2. The molecule has 1 aromatic rings. The lowest BCUT2D eigenvalue weighted by atomic mass is 10.1. The van der Waals surface area contributed by atoms with E-state index in [1.54, 1.807) is 6.33 Å². The van der Waals surface area contributed by atoms with E-state index in [-0.39, 0.29) is 11.8 Å². The molecule has 0 N–H and O–H groups in total. The standard InChI is InChI=1S/C15H22N4O2/c1-11-12(2)16-10-17-14(11)19-4-3-13(9-19)15(20)18-5-7-21-8-6-18/h10,13H,3-9H2,1-2H3. The van der Waals surface area contributed by atoms with Crippen LogP contribution in [0, 0.1) is 19.8 Å². The van der Waals surface area contributed by atoms with Crippen molar-refractivity contribution in [2.24, 2.45) is 5.92 Å². The van der Waals surface area contributed by atoms with Gasteiger partial charge in [-0.3, -0.25) is 4.79 Å². The summed E-state index contributed by atoms with van der Waals surface area (Å²) >= 11 is 0. The highest BCUT2D eigenvalue weighted by atomic mass is 16.5. The first-order chi connectivity index (χ1) is 10.2. The zero-order valence-electron chi connectivity index (χ0n) is 12.7. The Labute approximate surface area is 125 Å². The molecule has 1 unspecified atom stereocenters. The number of carbonyl (C=O) groups is 1. The van der Waals surface area contributed by atoms with Crippen molar-refractivity contribution in [3.8, 4) is 0 Å². The number of aromatic nitrogens is 2. The molecule has 0 aliphatic carbocycles. The summed E-state index contributed by atoms with van der Waals surface area (Å²) in [7, 11) is 0. The van der Waals surface area contributed by atoms with Crippen LogP contribution in [0.5, 0.6) is 0 Å². The molecule has 3 heterocycles. The van der Waals surface area contributed by atoms with Gasteiger partial charge in [0.25, 0.3) is 0 Å². The predicted octanol–water partition coefficient (Wildman–Crippen LogP) is 0.779. The van der Waals surface area contributed by atoms with Crippen molar-refractivity contribution in [1.29, 1.82) is 0 Å². The van der Waals surface area contributed by atoms with Crippen LogP contribution in [0.15, 0.2) is 6.33 Å². The first-order valence-corrected chi connectivity index (χ1v) is 7.56. The SMILES string of the molecule is Cc1ncnc(N2CCC(C(=O)N3CCOCC3)C2)c1C. The summed E-state index contributed by atoms with van der Waals surface area (Å²) < 4.78 is 5.31. The summed E-state index contributed by atoms with van der Waals surface area (Å²) in [4.78, 5) is 25.3. The first kappa shape index (κ1) is 14.3. The van der Waals surface area contributed by atoms with Crippen LogP contribution in [0.4, 0.5) is 5.82 Å². The maximum Gasteiger partial charge on any atom is 0.227 e. The number of morpholine rings is 1. The molecule has 3 rings (SSSR count). The van der Waals surface area contributed by atoms with Gasteiger partial charge in [-0.1, -0.05) is 0 Å². The van der Waals surface area contributed by atoms with E-state index in [2.05, 4.69) is 14.9 Å². The van der Waals surface area contributed by atoms with Crippen LogP contribution >= 0.6 is 0 Å². The summed E-state index contributed by atoms with van der Waals surface area (Å²) in [6.07, 6.45) is 2.51. The van der Waals surface area contributed by atoms with Gasteiger partial charge in [0.1, 0.15) is 12.1 Å². The number of rotatable bonds is 2. The molecule has 1 aromatic heterocycles. The van der Waals surface area contributed by atoms with Gasteiger partial charge in [-0.15, -0.1) is 0 Å². The third kappa shape index (κ3) is 2.85. The van der Waals surface area contributed by atoms with E-state index in [1.165, 1.54) is 0 Å². The highest BCUT2D eigenvalue weighted by Gasteiger charge is 2.33. The Bertz CT molecular complexity index is 528. The first-order valence-electron chi connectivity index (χ1n) is 7.56. The minimum Gasteiger partial charge on any atom is -0.378 e. The molecule has 114 valence electrons. The second kappa shape index (κ2) is 5.97. The lowest BCUT2D eigenvalue weighted by Gasteiger charge is -2.29. The maximum absolute atomic E-state index is 12.5. The molecule has 6 nitrogen and oxygen atoms in total. The Hall–Kier alpha value is -1.69. The van der Waals surface area contributed by atoms with Gasteiger partial charge < -0.3 is 14.5 Å². The monoisotopic (exact) mass is 290 g/mol. The molecule has 2 saturated heterocycles. The van der Waals surface area contributed by atoms with Crippen LogP contribution in [0.1, 0.15) is 17.7 Å². The second-order valence-corrected chi connectivity index (χ2v) is 5.78. The van der Waals surface area contributed by atoms with Crippen molar-refractivity contribution < 1.29 is 9.53 Å². The van der Waals surface area contributed by atoms with E-state index in [1.807, 2.05) is 18.7 Å². The fourth-order valence-corrected chi connectivity index (χ4v) is 3.04. The smallest absolute Gasteiger partial charge is 0.227 e. The Balaban J connectivity index is 1.67. The number of hydrogen-bond acceptors (Lipinski definition) is 5. The molecule has 21 heavy (non-hydrogen) atoms. The van der Waals surface area contributed by atoms with Crippen molar-refractivity contribution in [1.82, 2.24) is 14.9 Å². The lowest BCUT2D eigenvalue weighted by Crippen LogP contribution is -2.44. The number of carbonyl (C=O) groups excluding carboxylic acids is 1.